The molecule has 0 spiro atoms. The second kappa shape index (κ2) is 9.76. The van der Waals surface area contributed by atoms with Crippen LogP contribution in [0.15, 0.2) is 134 Å². The van der Waals surface area contributed by atoms with Crippen LogP contribution in [0.2, 0.25) is 0 Å². The standard InChI is InChI=1S/C39H27NO/c1-2-11-27(12-3-1)35-23-29-14-6-7-15-30(29)24-37(35)41-39-33-17-9-8-16-32(33)38(36-25-40-21-20-34(36)39)31-19-18-26-10-4-5-13-28(26)22-31/h1-6,8-14,16-25H,7,15H2. The Morgan fingerprint density at radius 2 is 1.39 bits per heavy atom. The summed E-state index contributed by atoms with van der Waals surface area (Å²) in [6.07, 6.45) is 10.4. The van der Waals surface area contributed by atoms with Gasteiger partial charge in [-0.2, -0.15) is 0 Å². The number of ether oxygens (including phenoxy) is 1. The molecule has 0 radical (unpaired) electrons. The average Bonchev–Trinajstić information content (AvgIpc) is 3.04. The van der Waals surface area contributed by atoms with Crippen LogP contribution in [-0.2, 0) is 6.42 Å². The minimum absolute atomic E-state index is 0.867. The largest absolute Gasteiger partial charge is 0.455 e. The van der Waals surface area contributed by atoms with Crippen molar-refractivity contribution in [2.45, 2.75) is 12.8 Å². The maximum absolute atomic E-state index is 7.07. The Morgan fingerprint density at radius 1 is 0.610 bits per heavy atom. The molecular weight excluding hydrogens is 498 g/mol. The van der Waals surface area contributed by atoms with Gasteiger partial charge in [0.25, 0.3) is 0 Å². The van der Waals surface area contributed by atoms with Gasteiger partial charge in [-0.3, -0.25) is 4.98 Å². The van der Waals surface area contributed by atoms with Crippen LogP contribution in [0.1, 0.15) is 17.5 Å². The Kier molecular flexibility index (Phi) is 5.63. The number of aryl methyl sites for hydroxylation is 1. The highest BCUT2D eigenvalue weighted by atomic mass is 16.5. The summed E-state index contributed by atoms with van der Waals surface area (Å²) in [6.45, 7) is 0. The Hall–Kier alpha value is -5.21. The van der Waals surface area contributed by atoms with Crippen molar-refractivity contribution in [1.29, 1.82) is 0 Å². The van der Waals surface area contributed by atoms with E-state index in [1.807, 2.05) is 12.4 Å². The van der Waals surface area contributed by atoms with Crippen LogP contribution in [0.4, 0.5) is 0 Å². The van der Waals surface area contributed by atoms with Gasteiger partial charge in [0.1, 0.15) is 11.5 Å². The molecule has 1 aromatic heterocycles. The quantitative estimate of drug-likeness (QED) is 0.213. The van der Waals surface area contributed by atoms with Gasteiger partial charge in [0, 0.05) is 34.1 Å². The van der Waals surface area contributed by atoms with Crippen LogP contribution >= 0.6 is 0 Å². The topological polar surface area (TPSA) is 22.1 Å². The fourth-order valence-corrected chi connectivity index (χ4v) is 6.24. The van der Waals surface area contributed by atoms with Crippen molar-refractivity contribution < 1.29 is 4.74 Å². The van der Waals surface area contributed by atoms with Crippen molar-refractivity contribution in [1.82, 2.24) is 4.98 Å². The van der Waals surface area contributed by atoms with Gasteiger partial charge in [0.05, 0.1) is 0 Å². The van der Waals surface area contributed by atoms with Gasteiger partial charge in [-0.05, 0) is 81.1 Å². The Labute approximate surface area is 239 Å². The summed E-state index contributed by atoms with van der Waals surface area (Å²) in [7, 11) is 0. The van der Waals surface area contributed by atoms with Gasteiger partial charge in [0.2, 0.25) is 0 Å². The molecule has 0 unspecified atom stereocenters. The lowest BCUT2D eigenvalue weighted by atomic mass is 9.90. The van der Waals surface area contributed by atoms with Gasteiger partial charge >= 0.3 is 0 Å². The summed E-state index contributed by atoms with van der Waals surface area (Å²) >= 11 is 0. The summed E-state index contributed by atoms with van der Waals surface area (Å²) < 4.78 is 7.07. The van der Waals surface area contributed by atoms with Crippen LogP contribution in [0.3, 0.4) is 0 Å². The number of benzene rings is 6. The van der Waals surface area contributed by atoms with E-state index in [1.54, 1.807) is 0 Å². The molecule has 41 heavy (non-hydrogen) atoms. The smallest absolute Gasteiger partial charge is 0.143 e. The number of hydrogen-bond acceptors (Lipinski definition) is 2. The van der Waals surface area contributed by atoms with E-state index in [2.05, 4.69) is 132 Å². The van der Waals surface area contributed by atoms with Gasteiger partial charge in [-0.1, -0.05) is 103 Å². The molecule has 194 valence electrons. The second-order valence-corrected chi connectivity index (χ2v) is 10.7. The van der Waals surface area contributed by atoms with Crippen molar-refractivity contribution in [2.75, 3.05) is 0 Å². The van der Waals surface area contributed by atoms with Gasteiger partial charge in [-0.25, -0.2) is 0 Å². The lowest BCUT2D eigenvalue weighted by Gasteiger charge is -2.21. The summed E-state index contributed by atoms with van der Waals surface area (Å²) in [4.78, 5) is 4.58. The van der Waals surface area contributed by atoms with E-state index in [9.17, 15) is 0 Å². The second-order valence-electron chi connectivity index (χ2n) is 10.7. The van der Waals surface area contributed by atoms with E-state index < -0.39 is 0 Å². The molecule has 6 aromatic carbocycles. The van der Waals surface area contributed by atoms with E-state index in [4.69, 9.17) is 4.74 Å². The van der Waals surface area contributed by atoms with E-state index in [1.165, 1.54) is 33.0 Å². The Balaban J connectivity index is 1.39. The molecule has 0 saturated heterocycles. The number of pyridine rings is 1. The predicted octanol–water partition coefficient (Wildman–Crippen LogP) is 10.6. The van der Waals surface area contributed by atoms with Crippen molar-refractivity contribution in [3.8, 4) is 33.8 Å². The van der Waals surface area contributed by atoms with Crippen LogP contribution in [-0.4, -0.2) is 4.98 Å². The summed E-state index contributed by atoms with van der Waals surface area (Å²) in [5.41, 5.74) is 7.20. The van der Waals surface area contributed by atoms with Crippen molar-refractivity contribution in [3.63, 3.8) is 0 Å². The highest BCUT2D eigenvalue weighted by Gasteiger charge is 2.20. The van der Waals surface area contributed by atoms with E-state index >= 15 is 0 Å². The lowest BCUT2D eigenvalue weighted by molar-refractivity contribution is 0.495. The Bertz CT molecular complexity index is 2070. The van der Waals surface area contributed by atoms with Crippen molar-refractivity contribution >= 4 is 38.4 Å². The van der Waals surface area contributed by atoms with Crippen LogP contribution in [0.5, 0.6) is 11.5 Å². The van der Waals surface area contributed by atoms with Crippen LogP contribution < -0.4 is 4.74 Å². The number of allylic oxidation sites excluding steroid dienone is 1. The van der Waals surface area contributed by atoms with Crippen LogP contribution in [0, 0.1) is 0 Å². The minimum atomic E-state index is 0.867. The maximum Gasteiger partial charge on any atom is 0.143 e. The summed E-state index contributed by atoms with van der Waals surface area (Å²) in [5.74, 6) is 1.75. The third-order valence-electron chi connectivity index (χ3n) is 8.23. The first-order valence-corrected chi connectivity index (χ1v) is 14.2. The minimum Gasteiger partial charge on any atom is -0.455 e. The molecule has 0 N–H and O–H groups in total. The molecule has 7 aromatic rings. The maximum atomic E-state index is 7.07. The number of fused-ring (bicyclic) bond motifs is 4. The van der Waals surface area contributed by atoms with Gasteiger partial charge < -0.3 is 4.74 Å². The zero-order chi connectivity index (χ0) is 27.2. The molecule has 1 aliphatic carbocycles. The molecule has 0 saturated carbocycles. The summed E-state index contributed by atoms with van der Waals surface area (Å²) in [5, 5.41) is 6.84. The Morgan fingerprint density at radius 3 is 2.29 bits per heavy atom. The van der Waals surface area contributed by atoms with Crippen molar-refractivity contribution in [2.24, 2.45) is 0 Å². The highest BCUT2D eigenvalue weighted by Crippen LogP contribution is 2.46. The van der Waals surface area contributed by atoms with E-state index in [0.29, 0.717) is 0 Å². The SMILES string of the molecule is C1=Cc2cc(-c3ccccc3)c(Oc3c4ccccc4c(-c4ccc5ccccc5c4)c4cnccc34)cc2CC1. The molecule has 0 atom stereocenters. The first-order valence-electron chi connectivity index (χ1n) is 14.2. The summed E-state index contributed by atoms with van der Waals surface area (Å²) in [6, 6.07) is 41.0. The lowest BCUT2D eigenvalue weighted by Crippen LogP contribution is -1.99. The molecule has 8 rings (SSSR count). The molecule has 0 amide bonds. The molecular formula is C39H27NO. The monoisotopic (exact) mass is 525 g/mol. The third kappa shape index (κ3) is 4.08. The zero-order valence-corrected chi connectivity index (χ0v) is 22.5. The normalized spacial score (nSPS) is 12.6. The third-order valence-corrected chi connectivity index (χ3v) is 8.23. The molecule has 2 heteroatoms. The van der Waals surface area contributed by atoms with E-state index in [0.717, 1.165) is 57.0 Å². The predicted molar refractivity (Wildman–Crippen MR) is 171 cm³/mol. The molecule has 0 fully saturated rings. The number of rotatable bonds is 4. The van der Waals surface area contributed by atoms with E-state index in [-0.39, 0.29) is 0 Å². The molecule has 0 bridgehead atoms. The number of aromatic nitrogens is 1. The highest BCUT2D eigenvalue weighted by molar-refractivity contribution is 6.17. The molecule has 2 nitrogen and oxygen atoms in total. The first-order chi connectivity index (χ1) is 20.3. The molecule has 1 aliphatic rings. The fourth-order valence-electron chi connectivity index (χ4n) is 6.24. The average molecular weight is 526 g/mol. The molecule has 1 heterocycles. The number of nitrogens with zero attached hydrogens (tertiary/aromatic N) is 1. The van der Waals surface area contributed by atoms with Gasteiger partial charge in [0.15, 0.2) is 0 Å². The van der Waals surface area contributed by atoms with Crippen molar-refractivity contribution in [3.05, 3.63) is 145 Å². The first kappa shape index (κ1) is 23.7. The fraction of sp³-hybridized carbons (Fsp3) is 0.0513. The number of hydrogen-bond donors (Lipinski definition) is 0. The van der Waals surface area contributed by atoms with Gasteiger partial charge in [-0.15, -0.1) is 0 Å². The zero-order valence-electron chi connectivity index (χ0n) is 22.5. The molecule has 0 aliphatic heterocycles. The van der Waals surface area contributed by atoms with Crippen LogP contribution in [0.25, 0.3) is 60.6 Å².